The topological polar surface area (TPSA) is 78.5 Å². The zero-order valence-electron chi connectivity index (χ0n) is 21.3. The van der Waals surface area contributed by atoms with Crippen molar-refractivity contribution in [1.82, 2.24) is 5.32 Å². The van der Waals surface area contributed by atoms with E-state index in [0.29, 0.717) is 22.2 Å². The van der Waals surface area contributed by atoms with Gasteiger partial charge in [0.1, 0.15) is 11.0 Å². The van der Waals surface area contributed by atoms with Gasteiger partial charge in [0.25, 0.3) is 0 Å². The fraction of sp³-hybridized carbons (Fsp3) is 0.500. The number of halogens is 2. The summed E-state index contributed by atoms with van der Waals surface area (Å²) in [6, 6.07) is 15.1. The molecule has 5 nitrogen and oxygen atoms in total. The van der Waals surface area contributed by atoms with E-state index < -0.39 is 22.6 Å². The van der Waals surface area contributed by atoms with Gasteiger partial charge in [0.15, 0.2) is 0 Å². The molecule has 1 aliphatic rings. The quantitative estimate of drug-likeness (QED) is 0.292. The van der Waals surface area contributed by atoms with Gasteiger partial charge < -0.3 is 14.6 Å². The fourth-order valence-corrected chi connectivity index (χ4v) is 6.46. The third kappa shape index (κ3) is 7.41. The van der Waals surface area contributed by atoms with Gasteiger partial charge in [-0.15, -0.1) is 0 Å². The Morgan fingerprint density at radius 1 is 1.19 bits per heavy atom. The lowest BCUT2D eigenvalue weighted by molar-refractivity contribution is -0.150. The van der Waals surface area contributed by atoms with E-state index in [1.54, 1.807) is 0 Å². The van der Waals surface area contributed by atoms with Gasteiger partial charge in [-0.3, -0.25) is 9.59 Å². The molecule has 1 unspecified atom stereocenters. The van der Waals surface area contributed by atoms with Crippen molar-refractivity contribution >= 4 is 46.3 Å². The van der Waals surface area contributed by atoms with E-state index in [9.17, 15) is 14.1 Å². The molecule has 1 saturated heterocycles. The number of amides is 1. The number of hydrogen-bond donors (Lipinski definition) is 1. The lowest BCUT2D eigenvalue weighted by Crippen LogP contribution is -2.57. The van der Waals surface area contributed by atoms with Crippen molar-refractivity contribution in [3.63, 3.8) is 0 Å². The molecule has 1 heterocycles. The molecule has 0 radical (unpaired) electrons. The second-order valence-electron chi connectivity index (χ2n) is 10.2. The van der Waals surface area contributed by atoms with Gasteiger partial charge in [0.2, 0.25) is 5.91 Å². The Bertz CT molecular complexity index is 1050. The highest BCUT2D eigenvalue weighted by atomic mass is 35.5. The van der Waals surface area contributed by atoms with E-state index in [2.05, 4.69) is 5.32 Å². The van der Waals surface area contributed by atoms with Crippen molar-refractivity contribution < 1.29 is 18.9 Å². The molecule has 0 bridgehead atoms. The minimum atomic E-state index is -1.05. The normalized spacial score (nSPS) is 23.7. The molecule has 2 aromatic rings. The van der Waals surface area contributed by atoms with E-state index in [-0.39, 0.29) is 35.5 Å². The highest BCUT2D eigenvalue weighted by molar-refractivity contribution is 7.91. The summed E-state index contributed by atoms with van der Waals surface area (Å²) in [4.78, 5) is 25.6. The smallest absolute Gasteiger partial charge is 0.306 e. The molecule has 3 rings (SSSR count). The molecule has 0 aromatic heterocycles. The first-order valence-electron chi connectivity index (χ1n) is 12.3. The van der Waals surface area contributed by atoms with Crippen LogP contribution in [-0.4, -0.2) is 40.6 Å². The largest absolute Gasteiger partial charge is 0.616 e. The van der Waals surface area contributed by atoms with Crippen LogP contribution in [0.2, 0.25) is 10.0 Å². The Kier molecular flexibility index (Phi) is 10.2. The highest BCUT2D eigenvalue weighted by Crippen LogP contribution is 2.44. The SMILES string of the molecule is COC(=O)C[C@]1(C)C[C@H](c2cccc(Cl)c2)[C@@H]([C@H](CCc2ccc(Cl)cc2)C[S+]([O-])C(C)C)NC1=O. The summed E-state index contributed by atoms with van der Waals surface area (Å²) in [6.45, 7) is 5.71. The minimum Gasteiger partial charge on any atom is -0.616 e. The number of carbonyl (C=O) groups is 2. The first kappa shape index (κ1) is 28.8. The highest BCUT2D eigenvalue weighted by Gasteiger charge is 2.48. The molecule has 8 heteroatoms. The average Bonchev–Trinajstić information content (AvgIpc) is 2.84. The number of nitrogens with one attached hydrogen (secondary N) is 1. The fourth-order valence-electron chi connectivity index (χ4n) is 4.96. The third-order valence-corrected chi connectivity index (χ3v) is 9.41. The molecular formula is C28H35Cl2NO4S. The van der Waals surface area contributed by atoms with Crippen LogP contribution in [-0.2, 0) is 31.9 Å². The third-order valence-electron chi connectivity index (χ3n) is 7.12. The molecule has 1 fully saturated rings. The Morgan fingerprint density at radius 3 is 2.50 bits per heavy atom. The molecule has 196 valence electrons. The molecule has 0 spiro atoms. The van der Waals surface area contributed by atoms with Crippen LogP contribution in [0.5, 0.6) is 0 Å². The maximum atomic E-state index is 13.4. The Labute approximate surface area is 227 Å². The van der Waals surface area contributed by atoms with E-state index in [1.165, 1.54) is 7.11 Å². The zero-order chi connectivity index (χ0) is 26.5. The van der Waals surface area contributed by atoms with Crippen LogP contribution in [0.4, 0.5) is 0 Å². The van der Waals surface area contributed by atoms with Crippen LogP contribution in [0.3, 0.4) is 0 Å². The van der Waals surface area contributed by atoms with Crippen LogP contribution in [0.15, 0.2) is 48.5 Å². The molecular weight excluding hydrogens is 517 g/mol. The van der Waals surface area contributed by atoms with Crippen LogP contribution in [0.25, 0.3) is 0 Å². The van der Waals surface area contributed by atoms with Crippen molar-refractivity contribution in [2.24, 2.45) is 11.3 Å². The molecule has 1 amide bonds. The average molecular weight is 553 g/mol. The maximum Gasteiger partial charge on any atom is 0.306 e. The summed E-state index contributed by atoms with van der Waals surface area (Å²) < 4.78 is 17.9. The van der Waals surface area contributed by atoms with Crippen molar-refractivity contribution in [1.29, 1.82) is 0 Å². The van der Waals surface area contributed by atoms with Gasteiger partial charge in [-0.05, 0) is 68.5 Å². The second kappa shape index (κ2) is 12.7. The zero-order valence-corrected chi connectivity index (χ0v) is 23.6. The Hall–Kier alpha value is -1.73. The summed E-state index contributed by atoms with van der Waals surface area (Å²) in [6.07, 6.45) is 1.97. The number of benzene rings is 2. The van der Waals surface area contributed by atoms with Crippen molar-refractivity contribution in [3.05, 3.63) is 69.7 Å². The maximum absolute atomic E-state index is 13.4. The van der Waals surface area contributed by atoms with E-state index in [4.69, 9.17) is 27.9 Å². The van der Waals surface area contributed by atoms with Gasteiger partial charge in [0, 0.05) is 27.9 Å². The second-order valence-corrected chi connectivity index (χ2v) is 13.1. The number of ether oxygens (including phenoxy) is 1. The molecule has 36 heavy (non-hydrogen) atoms. The first-order valence-corrected chi connectivity index (χ1v) is 14.4. The van der Waals surface area contributed by atoms with E-state index in [1.807, 2.05) is 69.3 Å². The standard InChI is InChI=1S/C28H35Cl2NO4S/c1-18(2)36(34)17-21(11-8-19-9-12-22(29)13-10-19)26-24(20-6-5-7-23(30)14-20)15-28(3,27(33)31-26)16-25(32)35-4/h5-7,9-10,12-14,18,21,24,26H,8,11,15-17H2,1-4H3,(H,31,33)/t21-,24-,26-,28+,36?/m1/s1. The number of esters is 1. The number of hydrogen-bond acceptors (Lipinski definition) is 4. The van der Waals surface area contributed by atoms with Crippen molar-refractivity contribution in [2.75, 3.05) is 12.9 Å². The van der Waals surface area contributed by atoms with E-state index in [0.717, 1.165) is 24.0 Å². The lowest BCUT2D eigenvalue weighted by atomic mass is 9.67. The van der Waals surface area contributed by atoms with Crippen LogP contribution in [0, 0.1) is 11.3 Å². The van der Waals surface area contributed by atoms with Gasteiger partial charge in [-0.25, -0.2) is 0 Å². The number of rotatable bonds is 10. The van der Waals surface area contributed by atoms with Crippen LogP contribution in [0.1, 0.15) is 57.1 Å². The summed E-state index contributed by atoms with van der Waals surface area (Å²) in [5, 5.41) is 4.55. The number of aryl methyl sites for hydroxylation is 1. The molecule has 1 aliphatic heterocycles. The van der Waals surface area contributed by atoms with Gasteiger partial charge in [-0.1, -0.05) is 65.6 Å². The predicted octanol–water partition coefficient (Wildman–Crippen LogP) is 5.94. The van der Waals surface area contributed by atoms with Gasteiger partial charge in [0.05, 0.1) is 18.9 Å². The molecule has 5 atom stereocenters. The Balaban J connectivity index is 1.96. The van der Waals surface area contributed by atoms with Crippen molar-refractivity contribution in [2.45, 2.75) is 63.7 Å². The number of methoxy groups -OCH3 is 1. The number of carbonyl (C=O) groups excluding carboxylic acids is 2. The molecule has 2 aromatic carbocycles. The lowest BCUT2D eigenvalue weighted by Gasteiger charge is -2.45. The summed E-state index contributed by atoms with van der Waals surface area (Å²) >= 11 is 11.4. The van der Waals surface area contributed by atoms with E-state index >= 15 is 0 Å². The summed E-state index contributed by atoms with van der Waals surface area (Å²) in [7, 11) is 1.33. The minimum absolute atomic E-state index is 0.00746. The van der Waals surface area contributed by atoms with Crippen LogP contribution < -0.4 is 5.32 Å². The summed E-state index contributed by atoms with van der Waals surface area (Å²) in [5.41, 5.74) is 1.21. The van der Waals surface area contributed by atoms with Crippen LogP contribution >= 0.6 is 23.2 Å². The van der Waals surface area contributed by atoms with Gasteiger partial charge >= 0.3 is 5.97 Å². The number of piperidine rings is 1. The molecule has 0 saturated carbocycles. The first-order chi connectivity index (χ1) is 17.0. The summed E-state index contributed by atoms with van der Waals surface area (Å²) in [5.74, 6) is -0.268. The molecule has 1 N–H and O–H groups in total. The Morgan fingerprint density at radius 2 is 1.89 bits per heavy atom. The van der Waals surface area contributed by atoms with Gasteiger partial charge in [-0.2, -0.15) is 0 Å². The molecule has 0 aliphatic carbocycles. The monoisotopic (exact) mass is 551 g/mol. The van der Waals surface area contributed by atoms with Crippen molar-refractivity contribution in [3.8, 4) is 0 Å². The predicted molar refractivity (Wildman–Crippen MR) is 147 cm³/mol.